The maximum Gasteiger partial charge on any atom is 0.252 e. The highest BCUT2D eigenvalue weighted by molar-refractivity contribution is 5.96. The van der Waals surface area contributed by atoms with Crippen LogP contribution in [-0.4, -0.2) is 29.1 Å². The van der Waals surface area contributed by atoms with Crippen LogP contribution in [0.3, 0.4) is 0 Å². The summed E-state index contributed by atoms with van der Waals surface area (Å²) in [6.45, 7) is 4.85. The predicted octanol–water partition coefficient (Wildman–Crippen LogP) is 1.59. The number of nitrogens with zero attached hydrogens (tertiary/aromatic N) is 1. The molecule has 1 amide bonds. The van der Waals surface area contributed by atoms with Gasteiger partial charge in [0, 0.05) is 25.4 Å². The summed E-state index contributed by atoms with van der Waals surface area (Å²) in [5.74, 6) is 5.99. The second-order valence-corrected chi connectivity index (χ2v) is 4.42. The maximum atomic E-state index is 12.1. The molecule has 1 rings (SSSR count). The number of aromatic nitrogens is 1. The quantitative estimate of drug-likeness (QED) is 0.790. The van der Waals surface area contributed by atoms with Gasteiger partial charge in [-0.3, -0.25) is 9.78 Å². The van der Waals surface area contributed by atoms with E-state index in [0.717, 1.165) is 6.42 Å². The van der Waals surface area contributed by atoms with Crippen LogP contribution in [0.2, 0.25) is 0 Å². The number of carbonyl (C=O) groups excluding carboxylic acids is 1. The first kappa shape index (κ1) is 15.2. The molecule has 2 N–H and O–H groups in total. The molecule has 1 heterocycles. The summed E-state index contributed by atoms with van der Waals surface area (Å²) in [4.78, 5) is 16.0. The first-order chi connectivity index (χ1) is 9.19. The van der Waals surface area contributed by atoms with Gasteiger partial charge in [-0.25, -0.2) is 0 Å². The third-order valence-corrected chi connectivity index (χ3v) is 2.83. The van der Waals surface area contributed by atoms with Crippen LogP contribution in [-0.2, 0) is 0 Å². The number of amides is 1. The van der Waals surface area contributed by atoms with Gasteiger partial charge in [0.2, 0.25) is 0 Å². The second kappa shape index (κ2) is 8.28. The Morgan fingerprint density at radius 2 is 2.37 bits per heavy atom. The number of pyridine rings is 1. The van der Waals surface area contributed by atoms with E-state index in [1.165, 1.54) is 0 Å². The van der Waals surface area contributed by atoms with Crippen molar-refractivity contribution in [1.82, 2.24) is 10.3 Å². The fraction of sp³-hybridized carbons (Fsp3) is 0.467. The molecule has 4 nitrogen and oxygen atoms in total. The van der Waals surface area contributed by atoms with Crippen molar-refractivity contribution in [3.63, 3.8) is 0 Å². The van der Waals surface area contributed by atoms with Gasteiger partial charge in [0.05, 0.1) is 17.7 Å². The van der Waals surface area contributed by atoms with E-state index in [0.29, 0.717) is 30.0 Å². The standard InChI is InChI=1S/C15H20N2O2/c1-3-12(2)10-17-15(19)14-7-8-16-11-13(14)6-4-5-9-18/h7-8,11-12,18H,3,5,9-10H2,1-2H3,(H,17,19). The molecule has 1 unspecified atom stereocenters. The predicted molar refractivity (Wildman–Crippen MR) is 74.6 cm³/mol. The van der Waals surface area contributed by atoms with Crippen LogP contribution in [0.1, 0.15) is 42.6 Å². The minimum Gasteiger partial charge on any atom is -0.395 e. The van der Waals surface area contributed by atoms with Gasteiger partial charge < -0.3 is 10.4 Å². The first-order valence-electron chi connectivity index (χ1n) is 6.51. The van der Waals surface area contributed by atoms with Crippen molar-refractivity contribution in [3.05, 3.63) is 29.6 Å². The molecule has 4 heteroatoms. The zero-order valence-electron chi connectivity index (χ0n) is 11.4. The zero-order chi connectivity index (χ0) is 14.1. The van der Waals surface area contributed by atoms with Gasteiger partial charge in [-0.05, 0) is 12.0 Å². The number of aliphatic hydroxyl groups excluding tert-OH is 1. The van der Waals surface area contributed by atoms with Gasteiger partial charge in [-0.1, -0.05) is 32.1 Å². The van der Waals surface area contributed by atoms with Crippen molar-refractivity contribution in [2.24, 2.45) is 5.92 Å². The highest BCUT2D eigenvalue weighted by Gasteiger charge is 2.10. The van der Waals surface area contributed by atoms with Gasteiger partial charge in [-0.2, -0.15) is 0 Å². The molecule has 0 aliphatic carbocycles. The Kier molecular flexibility index (Phi) is 6.62. The zero-order valence-corrected chi connectivity index (χ0v) is 11.4. The minimum atomic E-state index is -0.129. The first-order valence-corrected chi connectivity index (χ1v) is 6.51. The number of nitrogens with one attached hydrogen (secondary N) is 1. The van der Waals surface area contributed by atoms with Crippen molar-refractivity contribution in [3.8, 4) is 11.8 Å². The van der Waals surface area contributed by atoms with Gasteiger partial charge in [0.25, 0.3) is 5.91 Å². The lowest BCUT2D eigenvalue weighted by Gasteiger charge is -2.10. The normalized spacial score (nSPS) is 11.3. The summed E-state index contributed by atoms with van der Waals surface area (Å²) >= 11 is 0. The Labute approximate surface area is 114 Å². The molecule has 1 aromatic heterocycles. The van der Waals surface area contributed by atoms with Gasteiger partial charge in [-0.15, -0.1) is 0 Å². The average molecular weight is 260 g/mol. The van der Waals surface area contributed by atoms with Crippen LogP contribution >= 0.6 is 0 Å². The summed E-state index contributed by atoms with van der Waals surface area (Å²) in [5, 5.41) is 11.6. The molecule has 19 heavy (non-hydrogen) atoms. The largest absolute Gasteiger partial charge is 0.395 e. The van der Waals surface area contributed by atoms with Crippen molar-refractivity contribution in [1.29, 1.82) is 0 Å². The van der Waals surface area contributed by atoms with E-state index in [4.69, 9.17) is 5.11 Å². The van der Waals surface area contributed by atoms with E-state index in [1.807, 2.05) is 0 Å². The number of hydrogen-bond donors (Lipinski definition) is 2. The Morgan fingerprint density at radius 1 is 1.58 bits per heavy atom. The Bertz CT molecular complexity index is 475. The third kappa shape index (κ3) is 5.11. The second-order valence-electron chi connectivity index (χ2n) is 4.42. The number of aliphatic hydroxyl groups is 1. The average Bonchev–Trinajstić information content (AvgIpc) is 2.45. The molecule has 1 atom stereocenters. The lowest BCUT2D eigenvalue weighted by atomic mass is 10.1. The van der Waals surface area contributed by atoms with Crippen LogP contribution < -0.4 is 5.32 Å². The molecule has 0 aliphatic rings. The Balaban J connectivity index is 2.77. The molecule has 0 aliphatic heterocycles. The van der Waals surface area contributed by atoms with E-state index >= 15 is 0 Å². The SMILES string of the molecule is CCC(C)CNC(=O)c1ccncc1C#CCCO. The molecular weight excluding hydrogens is 240 g/mol. The fourth-order valence-electron chi connectivity index (χ4n) is 1.41. The summed E-state index contributed by atoms with van der Waals surface area (Å²) in [5.41, 5.74) is 1.13. The minimum absolute atomic E-state index is 0.0167. The van der Waals surface area contributed by atoms with Gasteiger partial charge in [0.1, 0.15) is 0 Å². The molecule has 0 saturated heterocycles. The lowest BCUT2D eigenvalue weighted by molar-refractivity contribution is 0.0947. The van der Waals surface area contributed by atoms with Crippen LogP contribution in [0.25, 0.3) is 0 Å². The Hall–Kier alpha value is -1.86. The molecule has 0 saturated carbocycles. The molecule has 0 aromatic carbocycles. The number of carbonyl (C=O) groups is 1. The van der Waals surface area contributed by atoms with E-state index in [1.54, 1.807) is 18.5 Å². The molecule has 0 fully saturated rings. The highest BCUT2D eigenvalue weighted by atomic mass is 16.2. The summed E-state index contributed by atoms with van der Waals surface area (Å²) < 4.78 is 0. The van der Waals surface area contributed by atoms with Gasteiger partial charge >= 0.3 is 0 Å². The van der Waals surface area contributed by atoms with Crippen molar-refractivity contribution < 1.29 is 9.90 Å². The lowest BCUT2D eigenvalue weighted by Crippen LogP contribution is -2.28. The monoisotopic (exact) mass is 260 g/mol. The summed E-state index contributed by atoms with van der Waals surface area (Å²) in [7, 11) is 0. The van der Waals surface area contributed by atoms with Crippen LogP contribution in [0.4, 0.5) is 0 Å². The molecule has 0 radical (unpaired) electrons. The van der Waals surface area contributed by atoms with Gasteiger partial charge in [0.15, 0.2) is 0 Å². The number of rotatable bonds is 5. The third-order valence-electron chi connectivity index (χ3n) is 2.83. The highest BCUT2D eigenvalue weighted by Crippen LogP contribution is 2.06. The Morgan fingerprint density at radius 3 is 3.05 bits per heavy atom. The smallest absolute Gasteiger partial charge is 0.252 e. The molecule has 0 bridgehead atoms. The van der Waals surface area contributed by atoms with E-state index in [-0.39, 0.29) is 12.5 Å². The topological polar surface area (TPSA) is 62.2 Å². The van der Waals surface area contributed by atoms with E-state index < -0.39 is 0 Å². The molecule has 102 valence electrons. The van der Waals surface area contributed by atoms with E-state index in [9.17, 15) is 4.79 Å². The molecular formula is C15H20N2O2. The fourth-order valence-corrected chi connectivity index (χ4v) is 1.41. The number of hydrogen-bond acceptors (Lipinski definition) is 3. The molecule has 0 spiro atoms. The van der Waals surface area contributed by atoms with Crippen LogP contribution in [0.15, 0.2) is 18.5 Å². The maximum absolute atomic E-state index is 12.1. The summed E-state index contributed by atoms with van der Waals surface area (Å²) in [6, 6.07) is 1.66. The van der Waals surface area contributed by atoms with Crippen LogP contribution in [0, 0.1) is 17.8 Å². The van der Waals surface area contributed by atoms with Crippen molar-refractivity contribution in [2.45, 2.75) is 26.7 Å². The van der Waals surface area contributed by atoms with Crippen molar-refractivity contribution >= 4 is 5.91 Å². The van der Waals surface area contributed by atoms with Crippen molar-refractivity contribution in [2.75, 3.05) is 13.2 Å². The van der Waals surface area contributed by atoms with E-state index in [2.05, 4.69) is 36.0 Å². The molecule has 1 aromatic rings. The summed E-state index contributed by atoms with van der Waals surface area (Å²) in [6.07, 6.45) is 4.57. The van der Waals surface area contributed by atoms with Crippen LogP contribution in [0.5, 0.6) is 0 Å².